The van der Waals surface area contributed by atoms with Gasteiger partial charge in [0.1, 0.15) is 0 Å². The van der Waals surface area contributed by atoms with Crippen molar-refractivity contribution < 1.29 is 4.79 Å². The maximum Gasteiger partial charge on any atom is 0.240 e. The van der Waals surface area contributed by atoms with Crippen LogP contribution >= 0.6 is 27.7 Å². The number of nitrogens with zero attached hydrogens (tertiary/aromatic N) is 3. The minimum atomic E-state index is -0.0445. The Morgan fingerprint density at radius 1 is 1.52 bits per heavy atom. The van der Waals surface area contributed by atoms with Crippen molar-refractivity contribution >= 4 is 45.8 Å². The number of amides is 1. The molecule has 0 unspecified atom stereocenters. The average Bonchev–Trinajstić information content (AvgIpc) is 2.92. The zero-order chi connectivity index (χ0) is 16.7. The monoisotopic (exact) mass is 396 g/mol. The van der Waals surface area contributed by atoms with Gasteiger partial charge in [-0.05, 0) is 31.5 Å². The first-order chi connectivity index (χ1) is 11.0. The highest BCUT2D eigenvalue weighted by molar-refractivity contribution is 9.10. The van der Waals surface area contributed by atoms with Crippen LogP contribution in [0.2, 0.25) is 0 Å². The molecule has 0 atom stereocenters. The molecule has 2 aromatic rings. The fourth-order valence-corrected chi connectivity index (χ4v) is 2.64. The molecular formula is C14H17BrN6OS. The van der Waals surface area contributed by atoms with E-state index in [0.717, 1.165) is 10.0 Å². The molecule has 1 aromatic carbocycles. The fraction of sp³-hybridized carbons (Fsp3) is 0.286. The van der Waals surface area contributed by atoms with Crippen LogP contribution in [-0.2, 0) is 4.79 Å². The lowest BCUT2D eigenvalue weighted by atomic mass is 10.2. The van der Waals surface area contributed by atoms with Gasteiger partial charge in [-0.25, -0.2) is 10.5 Å². The summed E-state index contributed by atoms with van der Waals surface area (Å²) < 4.78 is 0.986. The van der Waals surface area contributed by atoms with E-state index in [4.69, 9.17) is 0 Å². The first-order valence-electron chi connectivity index (χ1n) is 6.92. The van der Waals surface area contributed by atoms with Gasteiger partial charge in [0, 0.05) is 10.5 Å². The zero-order valence-corrected chi connectivity index (χ0v) is 15.1. The number of hydrogen-bond acceptors (Lipinski definition) is 6. The van der Waals surface area contributed by atoms with Crippen molar-refractivity contribution in [2.75, 3.05) is 11.2 Å². The van der Waals surface area contributed by atoms with E-state index < -0.39 is 0 Å². The number of carbonyl (C=O) groups is 1. The van der Waals surface area contributed by atoms with Crippen molar-refractivity contribution in [3.8, 4) is 0 Å². The van der Waals surface area contributed by atoms with E-state index in [9.17, 15) is 4.79 Å². The fourth-order valence-electron chi connectivity index (χ4n) is 1.61. The van der Waals surface area contributed by atoms with Gasteiger partial charge in [-0.15, -0.1) is 5.10 Å². The Kier molecular flexibility index (Phi) is 6.60. The van der Waals surface area contributed by atoms with Crippen LogP contribution in [0.3, 0.4) is 0 Å². The molecule has 0 aliphatic rings. The molecule has 122 valence electrons. The van der Waals surface area contributed by atoms with Gasteiger partial charge in [0.2, 0.25) is 17.0 Å². The molecule has 0 spiro atoms. The van der Waals surface area contributed by atoms with Gasteiger partial charge in [-0.3, -0.25) is 4.79 Å². The largest absolute Gasteiger partial charge is 0.353 e. The van der Waals surface area contributed by atoms with Gasteiger partial charge < -0.3 is 5.32 Å². The number of benzene rings is 1. The molecule has 3 N–H and O–H groups in total. The lowest BCUT2D eigenvalue weighted by Gasteiger charge is -2.06. The van der Waals surface area contributed by atoms with Crippen LogP contribution < -0.4 is 10.7 Å². The molecule has 9 heteroatoms. The summed E-state index contributed by atoms with van der Waals surface area (Å²) in [5.74, 6) is 0.650. The van der Waals surface area contributed by atoms with E-state index in [1.54, 1.807) is 6.21 Å². The third-order valence-corrected chi connectivity index (χ3v) is 3.82. The van der Waals surface area contributed by atoms with E-state index in [1.165, 1.54) is 11.8 Å². The van der Waals surface area contributed by atoms with Crippen LogP contribution in [-0.4, -0.2) is 39.1 Å². The molecule has 0 bridgehead atoms. The minimum Gasteiger partial charge on any atom is -0.353 e. The molecule has 0 aliphatic heterocycles. The third kappa shape index (κ3) is 6.41. The van der Waals surface area contributed by atoms with E-state index in [0.29, 0.717) is 11.1 Å². The maximum absolute atomic E-state index is 11.5. The summed E-state index contributed by atoms with van der Waals surface area (Å²) >= 11 is 4.66. The topological polar surface area (TPSA) is 95.1 Å². The molecule has 0 aliphatic carbocycles. The third-order valence-electron chi connectivity index (χ3n) is 2.48. The van der Waals surface area contributed by atoms with E-state index in [-0.39, 0.29) is 17.7 Å². The molecular weight excluding hydrogens is 380 g/mol. The maximum atomic E-state index is 11.5. The summed E-state index contributed by atoms with van der Waals surface area (Å²) in [4.78, 5) is 15.7. The van der Waals surface area contributed by atoms with E-state index >= 15 is 0 Å². The lowest BCUT2D eigenvalue weighted by molar-refractivity contribution is -0.119. The second-order valence-electron chi connectivity index (χ2n) is 4.90. The number of H-pyrrole nitrogens is 1. The first kappa shape index (κ1) is 17.5. The van der Waals surface area contributed by atoms with Crippen molar-refractivity contribution in [2.24, 2.45) is 5.10 Å². The Balaban J connectivity index is 1.81. The molecule has 0 saturated carbocycles. The second-order valence-corrected chi connectivity index (χ2v) is 6.76. The van der Waals surface area contributed by atoms with Gasteiger partial charge in [0.25, 0.3) is 0 Å². The summed E-state index contributed by atoms with van der Waals surface area (Å²) in [5.41, 5.74) is 3.71. The molecule has 2 rings (SSSR count). The standard InChI is InChI=1S/C14H17BrN6OS/c1-9(2)17-12(22)8-23-14-18-13(20-21-14)19-16-7-10-4-3-5-11(15)6-10/h3-7,9H,8H2,1-2H3,(H,17,22)(H2,18,19,20,21)/b16-7-. The summed E-state index contributed by atoms with van der Waals surface area (Å²) in [6.45, 7) is 3.83. The number of aromatic nitrogens is 3. The first-order valence-corrected chi connectivity index (χ1v) is 8.70. The smallest absolute Gasteiger partial charge is 0.240 e. The summed E-state index contributed by atoms with van der Waals surface area (Å²) in [7, 11) is 0. The van der Waals surface area contributed by atoms with Gasteiger partial charge >= 0.3 is 0 Å². The highest BCUT2D eigenvalue weighted by Gasteiger charge is 2.08. The number of rotatable bonds is 7. The Morgan fingerprint density at radius 2 is 2.35 bits per heavy atom. The average molecular weight is 397 g/mol. The molecule has 0 fully saturated rings. The highest BCUT2D eigenvalue weighted by atomic mass is 79.9. The van der Waals surface area contributed by atoms with Gasteiger partial charge in [-0.2, -0.15) is 10.1 Å². The van der Waals surface area contributed by atoms with Crippen LogP contribution in [0.1, 0.15) is 19.4 Å². The molecule has 23 heavy (non-hydrogen) atoms. The molecule has 0 radical (unpaired) electrons. The molecule has 0 saturated heterocycles. The quantitative estimate of drug-likeness (QED) is 0.379. The highest BCUT2D eigenvalue weighted by Crippen LogP contribution is 2.14. The molecule has 1 amide bonds. The van der Waals surface area contributed by atoms with Crippen molar-refractivity contribution in [3.63, 3.8) is 0 Å². The van der Waals surface area contributed by atoms with Crippen LogP contribution in [0.15, 0.2) is 39.0 Å². The zero-order valence-electron chi connectivity index (χ0n) is 12.7. The lowest BCUT2D eigenvalue weighted by Crippen LogP contribution is -2.31. The predicted molar refractivity (Wildman–Crippen MR) is 95.7 cm³/mol. The number of anilines is 1. The number of halogens is 1. The Labute approximate surface area is 146 Å². The number of hydrazone groups is 1. The van der Waals surface area contributed by atoms with Crippen molar-refractivity contribution in [1.29, 1.82) is 0 Å². The SMILES string of the molecule is CC(C)NC(=O)CSc1n[nH]c(N/N=C\c2cccc(Br)c2)n1. The van der Waals surface area contributed by atoms with E-state index in [2.05, 4.69) is 47.0 Å². The van der Waals surface area contributed by atoms with Gasteiger partial charge in [0.15, 0.2) is 0 Å². The number of nitrogens with one attached hydrogen (secondary N) is 3. The van der Waals surface area contributed by atoms with E-state index in [1.807, 2.05) is 38.1 Å². The minimum absolute atomic E-state index is 0.0445. The van der Waals surface area contributed by atoms with Crippen LogP contribution in [0, 0.1) is 0 Å². The van der Waals surface area contributed by atoms with Crippen molar-refractivity contribution in [3.05, 3.63) is 34.3 Å². The molecule has 1 aromatic heterocycles. The van der Waals surface area contributed by atoms with Crippen LogP contribution in [0.5, 0.6) is 0 Å². The number of thioether (sulfide) groups is 1. The summed E-state index contributed by atoms with van der Waals surface area (Å²) in [5, 5.41) is 14.1. The van der Waals surface area contributed by atoms with Crippen LogP contribution in [0.25, 0.3) is 0 Å². The summed E-state index contributed by atoms with van der Waals surface area (Å²) in [6.07, 6.45) is 1.68. The normalized spacial score (nSPS) is 11.1. The van der Waals surface area contributed by atoms with Gasteiger partial charge in [-0.1, -0.05) is 39.8 Å². The Bertz CT molecular complexity index is 687. The Hall–Kier alpha value is -1.87. The Morgan fingerprint density at radius 3 is 3.09 bits per heavy atom. The predicted octanol–water partition coefficient (Wildman–Crippen LogP) is 2.63. The second kappa shape index (κ2) is 8.68. The molecule has 7 nitrogen and oxygen atoms in total. The number of hydrogen-bond donors (Lipinski definition) is 3. The van der Waals surface area contributed by atoms with Crippen LogP contribution in [0.4, 0.5) is 5.95 Å². The van der Waals surface area contributed by atoms with Crippen molar-refractivity contribution in [2.45, 2.75) is 25.0 Å². The van der Waals surface area contributed by atoms with Crippen molar-refractivity contribution in [1.82, 2.24) is 20.5 Å². The molecule has 1 heterocycles. The van der Waals surface area contributed by atoms with Gasteiger partial charge in [0.05, 0.1) is 12.0 Å². The number of aromatic amines is 1. The summed E-state index contributed by atoms with van der Waals surface area (Å²) in [6, 6.07) is 7.88. The number of carbonyl (C=O) groups excluding carboxylic acids is 1.